The van der Waals surface area contributed by atoms with E-state index in [1.54, 1.807) is 0 Å². The van der Waals surface area contributed by atoms with Crippen molar-refractivity contribution in [1.82, 2.24) is 9.78 Å². The number of ether oxygens (including phenoxy) is 1. The molecule has 92 valence electrons. The molecule has 5 heteroatoms. The van der Waals surface area contributed by atoms with Gasteiger partial charge < -0.3 is 15.2 Å². The largest absolute Gasteiger partial charge is 0.394 e. The molecular formula is C11H21N3O2. The zero-order valence-corrected chi connectivity index (χ0v) is 9.85. The van der Waals surface area contributed by atoms with Crippen LogP contribution in [0.2, 0.25) is 0 Å². The summed E-state index contributed by atoms with van der Waals surface area (Å²) in [6.07, 6.45) is 6.15. The third kappa shape index (κ3) is 5.14. The second-order valence-corrected chi connectivity index (χ2v) is 3.61. The quantitative estimate of drug-likeness (QED) is 0.620. The highest BCUT2D eigenvalue weighted by Crippen LogP contribution is 2.04. The van der Waals surface area contributed by atoms with E-state index in [1.165, 1.54) is 12.8 Å². The molecule has 0 aliphatic rings. The van der Waals surface area contributed by atoms with E-state index in [0.717, 1.165) is 18.8 Å². The minimum atomic E-state index is 0.0724. The van der Waals surface area contributed by atoms with Crippen LogP contribution < -0.4 is 5.32 Å². The van der Waals surface area contributed by atoms with Crippen LogP contribution in [0.3, 0.4) is 0 Å². The Morgan fingerprint density at radius 3 is 3.12 bits per heavy atom. The number of aliphatic hydroxyl groups excluding tert-OH is 1. The SMILES string of the molecule is CCCCNc1cnn(CCOCCO)c1. The van der Waals surface area contributed by atoms with Crippen molar-refractivity contribution in [3.05, 3.63) is 12.4 Å². The summed E-state index contributed by atoms with van der Waals surface area (Å²) in [6, 6.07) is 0. The van der Waals surface area contributed by atoms with E-state index >= 15 is 0 Å². The molecule has 1 aromatic rings. The van der Waals surface area contributed by atoms with Gasteiger partial charge in [0.1, 0.15) is 0 Å². The van der Waals surface area contributed by atoms with Crippen LogP contribution in [0.5, 0.6) is 0 Å². The lowest BCUT2D eigenvalue weighted by Gasteiger charge is -2.02. The number of nitrogens with zero attached hydrogens (tertiary/aromatic N) is 2. The molecule has 0 unspecified atom stereocenters. The first kappa shape index (κ1) is 13.0. The molecule has 0 bridgehead atoms. The lowest BCUT2D eigenvalue weighted by atomic mass is 10.3. The van der Waals surface area contributed by atoms with Crippen molar-refractivity contribution in [3.63, 3.8) is 0 Å². The first-order valence-corrected chi connectivity index (χ1v) is 5.81. The van der Waals surface area contributed by atoms with Crippen molar-refractivity contribution in [2.45, 2.75) is 26.3 Å². The number of rotatable bonds is 9. The first-order chi connectivity index (χ1) is 7.86. The van der Waals surface area contributed by atoms with Gasteiger partial charge in [0.25, 0.3) is 0 Å². The maximum Gasteiger partial charge on any atom is 0.0726 e. The molecule has 0 spiro atoms. The molecule has 1 aromatic heterocycles. The van der Waals surface area contributed by atoms with E-state index < -0.39 is 0 Å². The number of hydrogen-bond acceptors (Lipinski definition) is 4. The van der Waals surface area contributed by atoms with Gasteiger partial charge in [-0.2, -0.15) is 5.10 Å². The molecule has 0 aliphatic heterocycles. The Labute approximate surface area is 96.4 Å². The van der Waals surface area contributed by atoms with Crippen molar-refractivity contribution in [3.8, 4) is 0 Å². The molecule has 16 heavy (non-hydrogen) atoms. The van der Waals surface area contributed by atoms with Gasteiger partial charge in [-0.25, -0.2) is 0 Å². The molecule has 0 saturated carbocycles. The van der Waals surface area contributed by atoms with Crippen LogP contribution in [-0.2, 0) is 11.3 Å². The van der Waals surface area contributed by atoms with Crippen LogP contribution in [0.4, 0.5) is 5.69 Å². The summed E-state index contributed by atoms with van der Waals surface area (Å²) in [7, 11) is 0. The van der Waals surface area contributed by atoms with Crippen molar-refractivity contribution in [1.29, 1.82) is 0 Å². The summed E-state index contributed by atoms with van der Waals surface area (Å²) in [4.78, 5) is 0. The Kier molecular flexibility index (Phi) is 6.60. The third-order valence-electron chi connectivity index (χ3n) is 2.19. The Morgan fingerprint density at radius 2 is 2.38 bits per heavy atom. The number of unbranched alkanes of at least 4 members (excludes halogenated alkanes) is 1. The fourth-order valence-electron chi connectivity index (χ4n) is 1.31. The summed E-state index contributed by atoms with van der Waals surface area (Å²) in [6.45, 7) is 4.92. The van der Waals surface area contributed by atoms with Crippen molar-refractivity contribution >= 4 is 5.69 Å². The highest BCUT2D eigenvalue weighted by Gasteiger charge is 1.97. The van der Waals surface area contributed by atoms with Gasteiger partial charge >= 0.3 is 0 Å². The Hall–Kier alpha value is -1.07. The van der Waals surface area contributed by atoms with Gasteiger partial charge in [-0.1, -0.05) is 13.3 Å². The monoisotopic (exact) mass is 227 g/mol. The second kappa shape index (κ2) is 8.13. The topological polar surface area (TPSA) is 59.3 Å². The standard InChI is InChI=1S/C11H21N3O2/c1-2-3-4-12-11-9-13-14(10-11)5-7-16-8-6-15/h9-10,12,15H,2-8H2,1H3. The smallest absolute Gasteiger partial charge is 0.0726 e. The van der Waals surface area contributed by atoms with Crippen LogP contribution in [0, 0.1) is 0 Å². The van der Waals surface area contributed by atoms with E-state index in [0.29, 0.717) is 13.2 Å². The number of hydrogen-bond donors (Lipinski definition) is 2. The molecule has 2 N–H and O–H groups in total. The second-order valence-electron chi connectivity index (χ2n) is 3.61. The lowest BCUT2D eigenvalue weighted by Crippen LogP contribution is -2.08. The van der Waals surface area contributed by atoms with Gasteiger partial charge in [0.15, 0.2) is 0 Å². The molecule has 1 rings (SSSR count). The van der Waals surface area contributed by atoms with Gasteiger partial charge in [0, 0.05) is 12.7 Å². The van der Waals surface area contributed by atoms with Crippen LogP contribution in [0.1, 0.15) is 19.8 Å². The highest BCUT2D eigenvalue weighted by molar-refractivity contribution is 5.37. The Balaban J connectivity index is 2.17. The normalized spacial score (nSPS) is 10.6. The molecule has 0 aliphatic carbocycles. The molecule has 0 radical (unpaired) electrons. The minimum Gasteiger partial charge on any atom is -0.394 e. The van der Waals surface area contributed by atoms with E-state index in [9.17, 15) is 0 Å². The molecule has 1 heterocycles. The maximum atomic E-state index is 8.53. The van der Waals surface area contributed by atoms with Gasteiger partial charge in [-0.05, 0) is 6.42 Å². The average molecular weight is 227 g/mol. The number of anilines is 1. The van der Waals surface area contributed by atoms with Crippen molar-refractivity contribution in [2.24, 2.45) is 0 Å². The Bertz CT molecular complexity index is 276. The number of aliphatic hydroxyl groups is 1. The zero-order chi connectivity index (χ0) is 11.6. The summed E-state index contributed by atoms with van der Waals surface area (Å²) in [5.41, 5.74) is 1.05. The van der Waals surface area contributed by atoms with Crippen molar-refractivity contribution in [2.75, 3.05) is 31.7 Å². The maximum absolute atomic E-state index is 8.53. The lowest BCUT2D eigenvalue weighted by molar-refractivity contribution is 0.0854. The van der Waals surface area contributed by atoms with Crippen molar-refractivity contribution < 1.29 is 9.84 Å². The van der Waals surface area contributed by atoms with E-state index in [-0.39, 0.29) is 6.61 Å². The van der Waals surface area contributed by atoms with Gasteiger partial charge in [0.05, 0.1) is 38.2 Å². The molecule has 0 amide bonds. The van der Waals surface area contributed by atoms with Gasteiger partial charge in [-0.15, -0.1) is 0 Å². The Morgan fingerprint density at radius 1 is 1.50 bits per heavy atom. The molecule has 0 fully saturated rings. The van der Waals surface area contributed by atoms with Crippen LogP contribution in [0.25, 0.3) is 0 Å². The minimum absolute atomic E-state index is 0.0724. The summed E-state index contributed by atoms with van der Waals surface area (Å²) < 4.78 is 7.00. The van der Waals surface area contributed by atoms with Crippen LogP contribution in [-0.4, -0.2) is 41.3 Å². The summed E-state index contributed by atoms with van der Waals surface area (Å²) >= 11 is 0. The third-order valence-corrected chi connectivity index (χ3v) is 2.19. The van der Waals surface area contributed by atoms with Crippen LogP contribution in [0.15, 0.2) is 12.4 Å². The summed E-state index contributed by atoms with van der Waals surface area (Å²) in [5, 5.41) is 16.0. The fourth-order valence-corrected chi connectivity index (χ4v) is 1.31. The molecular weight excluding hydrogens is 206 g/mol. The summed E-state index contributed by atoms with van der Waals surface area (Å²) in [5.74, 6) is 0. The van der Waals surface area contributed by atoms with Crippen LogP contribution >= 0.6 is 0 Å². The van der Waals surface area contributed by atoms with E-state index in [1.807, 2.05) is 17.1 Å². The molecule has 0 atom stereocenters. The van der Waals surface area contributed by atoms with E-state index in [4.69, 9.17) is 9.84 Å². The number of nitrogens with one attached hydrogen (secondary N) is 1. The molecule has 0 saturated heterocycles. The first-order valence-electron chi connectivity index (χ1n) is 5.81. The fraction of sp³-hybridized carbons (Fsp3) is 0.727. The van der Waals surface area contributed by atoms with Gasteiger partial charge in [0.2, 0.25) is 0 Å². The predicted octanol–water partition coefficient (Wildman–Crippen LogP) is 1.10. The predicted molar refractivity (Wildman–Crippen MR) is 63.5 cm³/mol. The average Bonchev–Trinajstić information content (AvgIpc) is 2.73. The zero-order valence-electron chi connectivity index (χ0n) is 9.85. The number of aromatic nitrogens is 2. The highest BCUT2D eigenvalue weighted by atomic mass is 16.5. The molecule has 0 aromatic carbocycles. The molecule has 5 nitrogen and oxygen atoms in total. The van der Waals surface area contributed by atoms with E-state index in [2.05, 4.69) is 17.3 Å². The van der Waals surface area contributed by atoms with Gasteiger partial charge in [-0.3, -0.25) is 4.68 Å².